The fraction of sp³-hybridized carbons (Fsp3) is 0.600. The molecule has 25 heavy (non-hydrogen) atoms. The molecule has 1 N–H and O–H groups in total. The molecule has 0 aromatic carbocycles. The van der Waals surface area contributed by atoms with Crippen molar-refractivity contribution >= 4 is 33.7 Å². The molecular formula is C15H17BrF2N4O3. The third-order valence-electron chi connectivity index (χ3n) is 4.82. The Morgan fingerprint density at radius 2 is 1.88 bits per heavy atom. The van der Waals surface area contributed by atoms with Gasteiger partial charge in [0.2, 0.25) is 11.7 Å². The number of hydrogen-bond acceptors (Lipinski definition) is 4. The summed E-state index contributed by atoms with van der Waals surface area (Å²) in [7, 11) is 1.63. The van der Waals surface area contributed by atoms with Crippen LogP contribution < -0.4 is 5.32 Å². The van der Waals surface area contributed by atoms with E-state index in [2.05, 4.69) is 26.2 Å². The second kappa shape index (κ2) is 5.86. The summed E-state index contributed by atoms with van der Waals surface area (Å²) in [6.07, 6.45) is -1.21. The van der Waals surface area contributed by atoms with E-state index < -0.39 is 48.6 Å². The molecular weight excluding hydrogens is 402 g/mol. The highest BCUT2D eigenvalue weighted by atomic mass is 79.9. The quantitative estimate of drug-likeness (QED) is 0.602. The Morgan fingerprint density at radius 1 is 1.28 bits per heavy atom. The number of halogens is 3. The molecule has 1 saturated carbocycles. The number of rotatable bonds is 3. The van der Waals surface area contributed by atoms with Crippen LogP contribution in [0.2, 0.25) is 0 Å². The molecule has 2 aliphatic rings. The van der Waals surface area contributed by atoms with Crippen LogP contribution in [0.1, 0.15) is 42.0 Å². The van der Waals surface area contributed by atoms with Crippen LogP contribution in [0.5, 0.6) is 0 Å². The van der Waals surface area contributed by atoms with Crippen molar-refractivity contribution < 1.29 is 23.2 Å². The van der Waals surface area contributed by atoms with Crippen LogP contribution in [0.15, 0.2) is 4.60 Å². The maximum Gasteiger partial charge on any atom is 0.325 e. The topological polar surface area (TPSA) is 84.3 Å². The van der Waals surface area contributed by atoms with Crippen LogP contribution in [0, 0.1) is 6.92 Å². The number of nitrogens with zero attached hydrogens (tertiary/aromatic N) is 3. The lowest BCUT2D eigenvalue weighted by molar-refractivity contribution is -0.135. The normalized spacial score (nSPS) is 21.7. The van der Waals surface area contributed by atoms with E-state index in [4.69, 9.17) is 0 Å². The van der Waals surface area contributed by atoms with Crippen molar-refractivity contribution in [3.8, 4) is 0 Å². The van der Waals surface area contributed by atoms with E-state index in [9.17, 15) is 23.2 Å². The number of imidazole rings is 1. The van der Waals surface area contributed by atoms with Gasteiger partial charge in [0.25, 0.3) is 5.91 Å². The molecule has 1 saturated heterocycles. The molecule has 7 nitrogen and oxygen atoms in total. The van der Waals surface area contributed by atoms with Gasteiger partial charge in [0, 0.05) is 19.9 Å². The number of aromatic nitrogens is 2. The summed E-state index contributed by atoms with van der Waals surface area (Å²) < 4.78 is 28.9. The molecule has 1 aromatic rings. The molecule has 10 heteroatoms. The molecule has 0 bridgehead atoms. The molecule has 0 atom stereocenters. The number of carbonyl (C=O) groups excluding carboxylic acids is 3. The van der Waals surface area contributed by atoms with Crippen LogP contribution >= 0.6 is 15.9 Å². The van der Waals surface area contributed by atoms with Crippen LogP contribution in [0.4, 0.5) is 13.6 Å². The maximum absolute atomic E-state index is 13.4. The highest BCUT2D eigenvalue weighted by Gasteiger charge is 2.55. The van der Waals surface area contributed by atoms with E-state index >= 15 is 0 Å². The molecule has 1 aliphatic heterocycles. The van der Waals surface area contributed by atoms with Crippen molar-refractivity contribution in [2.45, 2.75) is 44.1 Å². The SMILES string of the molecule is Cc1nc(C(=O)CN2C(=O)NC3(CCC(F)(F)CC3)C2=O)n(C)c1Br. The fourth-order valence-electron chi connectivity index (χ4n) is 3.28. The minimum Gasteiger partial charge on any atom is -0.323 e. The number of Topliss-reactive ketones (excluding diaryl/α,β-unsaturated/α-hetero) is 1. The third-order valence-corrected chi connectivity index (χ3v) is 5.92. The summed E-state index contributed by atoms with van der Waals surface area (Å²) in [5, 5.41) is 2.51. The van der Waals surface area contributed by atoms with Gasteiger partial charge in [-0.1, -0.05) is 0 Å². The van der Waals surface area contributed by atoms with Gasteiger partial charge in [-0.05, 0) is 35.7 Å². The van der Waals surface area contributed by atoms with Crippen molar-refractivity contribution in [3.63, 3.8) is 0 Å². The van der Waals surface area contributed by atoms with Gasteiger partial charge in [-0.3, -0.25) is 14.5 Å². The average molecular weight is 419 g/mol. The zero-order valence-corrected chi connectivity index (χ0v) is 15.3. The van der Waals surface area contributed by atoms with Gasteiger partial charge in [0.15, 0.2) is 5.82 Å². The van der Waals surface area contributed by atoms with E-state index in [-0.39, 0.29) is 18.7 Å². The lowest BCUT2D eigenvalue weighted by atomic mass is 9.80. The molecule has 1 aromatic heterocycles. The fourth-order valence-corrected chi connectivity index (χ4v) is 3.54. The molecule has 136 valence electrons. The molecule has 1 aliphatic carbocycles. The van der Waals surface area contributed by atoms with Crippen LogP contribution in [-0.2, 0) is 11.8 Å². The number of aryl methyl sites for hydroxylation is 1. The number of carbonyl (C=O) groups is 3. The van der Waals surface area contributed by atoms with Gasteiger partial charge in [-0.2, -0.15) is 0 Å². The first-order valence-electron chi connectivity index (χ1n) is 7.80. The highest BCUT2D eigenvalue weighted by Crippen LogP contribution is 2.41. The summed E-state index contributed by atoms with van der Waals surface area (Å²) in [5.74, 6) is -3.83. The summed E-state index contributed by atoms with van der Waals surface area (Å²) in [4.78, 5) is 42.2. The third kappa shape index (κ3) is 2.96. The van der Waals surface area contributed by atoms with Gasteiger partial charge in [-0.25, -0.2) is 18.6 Å². The number of amides is 3. The molecule has 0 unspecified atom stereocenters. The number of ketones is 1. The van der Waals surface area contributed by atoms with Crippen molar-refractivity contribution in [1.82, 2.24) is 19.8 Å². The van der Waals surface area contributed by atoms with E-state index in [0.717, 1.165) is 4.90 Å². The number of hydrogen-bond donors (Lipinski definition) is 1. The van der Waals surface area contributed by atoms with E-state index in [1.807, 2.05) is 0 Å². The monoisotopic (exact) mass is 418 g/mol. The van der Waals surface area contributed by atoms with E-state index in [1.165, 1.54) is 4.57 Å². The zero-order chi connectivity index (χ0) is 18.6. The number of alkyl halides is 2. The van der Waals surface area contributed by atoms with E-state index in [0.29, 0.717) is 10.3 Å². The Labute approximate surface area is 150 Å². The standard InChI is InChI=1S/C15H17BrF2N4O3/c1-8-10(16)21(2)11(19-8)9(23)7-22-12(24)14(20-13(22)25)3-5-15(17,18)6-4-14/h3-7H2,1-2H3,(H,20,25). The number of imide groups is 1. The second-order valence-electron chi connectivity index (χ2n) is 6.55. The summed E-state index contributed by atoms with van der Waals surface area (Å²) in [5.41, 5.74) is -0.717. The van der Waals surface area contributed by atoms with Gasteiger partial charge >= 0.3 is 6.03 Å². The minimum atomic E-state index is -2.82. The van der Waals surface area contributed by atoms with Crippen molar-refractivity contribution in [3.05, 3.63) is 16.1 Å². The molecule has 1 spiro atoms. The molecule has 2 heterocycles. The molecule has 3 amide bonds. The second-order valence-corrected chi connectivity index (χ2v) is 7.30. The average Bonchev–Trinajstić information content (AvgIpc) is 2.93. The highest BCUT2D eigenvalue weighted by molar-refractivity contribution is 9.10. The van der Waals surface area contributed by atoms with E-state index in [1.54, 1.807) is 14.0 Å². The predicted octanol–water partition coefficient (Wildman–Crippen LogP) is 2.17. The summed E-state index contributed by atoms with van der Waals surface area (Å²) in [6.45, 7) is 1.24. The van der Waals surface area contributed by atoms with Crippen LogP contribution in [0.3, 0.4) is 0 Å². The Hall–Kier alpha value is -1.84. The number of urea groups is 1. The molecule has 0 radical (unpaired) electrons. The van der Waals surface area contributed by atoms with Crippen molar-refractivity contribution in [2.24, 2.45) is 7.05 Å². The summed E-state index contributed by atoms with van der Waals surface area (Å²) >= 11 is 3.29. The predicted molar refractivity (Wildman–Crippen MR) is 86.4 cm³/mol. The minimum absolute atomic E-state index is 0.112. The zero-order valence-electron chi connectivity index (χ0n) is 13.7. The first-order chi connectivity index (χ1) is 11.6. The Kier molecular flexibility index (Phi) is 4.21. The number of nitrogens with one attached hydrogen (secondary N) is 1. The van der Waals surface area contributed by atoms with Crippen molar-refractivity contribution in [2.75, 3.05) is 6.54 Å². The summed E-state index contributed by atoms with van der Waals surface area (Å²) in [6, 6.07) is -0.728. The smallest absolute Gasteiger partial charge is 0.323 e. The van der Waals surface area contributed by atoms with Gasteiger partial charge in [0.1, 0.15) is 10.1 Å². The molecule has 2 fully saturated rings. The Morgan fingerprint density at radius 3 is 2.40 bits per heavy atom. The van der Waals surface area contributed by atoms with Crippen molar-refractivity contribution in [1.29, 1.82) is 0 Å². The van der Waals surface area contributed by atoms with Gasteiger partial charge < -0.3 is 9.88 Å². The Bertz CT molecular complexity index is 767. The van der Waals surface area contributed by atoms with Gasteiger partial charge in [0.05, 0.1) is 12.2 Å². The lowest BCUT2D eigenvalue weighted by Gasteiger charge is -2.34. The maximum atomic E-state index is 13.4. The van der Waals surface area contributed by atoms with Gasteiger partial charge in [-0.15, -0.1) is 0 Å². The molecule has 3 rings (SSSR count). The first-order valence-corrected chi connectivity index (χ1v) is 8.60. The lowest BCUT2D eigenvalue weighted by Crippen LogP contribution is -2.51. The van der Waals surface area contributed by atoms with Crippen LogP contribution in [0.25, 0.3) is 0 Å². The Balaban J connectivity index is 1.77. The van der Waals surface area contributed by atoms with Crippen LogP contribution in [-0.4, -0.2) is 50.2 Å². The first kappa shape index (κ1) is 18.0. The largest absolute Gasteiger partial charge is 0.325 e.